The van der Waals surface area contributed by atoms with Crippen molar-refractivity contribution in [1.82, 2.24) is 0 Å². The van der Waals surface area contributed by atoms with Crippen LogP contribution in [0.25, 0.3) is 22.3 Å². The van der Waals surface area contributed by atoms with E-state index in [0.29, 0.717) is 0 Å². The highest BCUT2D eigenvalue weighted by Crippen LogP contribution is 2.42. The summed E-state index contributed by atoms with van der Waals surface area (Å²) in [5.41, 5.74) is 7.03. The average Bonchev–Trinajstić information content (AvgIpc) is 2.92. The second-order valence-electron chi connectivity index (χ2n) is 8.80. The minimum atomic E-state index is -0.625. The van der Waals surface area contributed by atoms with Gasteiger partial charge in [-0.3, -0.25) is 0 Å². The van der Waals surface area contributed by atoms with E-state index in [2.05, 4.69) is 92.4 Å². The van der Waals surface area contributed by atoms with Crippen molar-refractivity contribution in [1.29, 1.82) is 0 Å². The van der Waals surface area contributed by atoms with Crippen LogP contribution in [0.1, 0.15) is 20.8 Å². The highest BCUT2D eigenvalue weighted by Gasteiger charge is 2.34. The molecule has 0 radical (unpaired) electrons. The summed E-state index contributed by atoms with van der Waals surface area (Å²) in [6, 6.07) is 25.6. The molecule has 0 amide bonds. The molecule has 28 heavy (non-hydrogen) atoms. The molecular weight excluding hydrogens is 344 g/mol. The number of aliphatic hydroxyl groups is 1. The maximum atomic E-state index is 10.7. The molecule has 3 aromatic carbocycles. The Bertz CT molecular complexity index is 975. The van der Waals surface area contributed by atoms with Crippen molar-refractivity contribution < 1.29 is 5.11 Å². The molecule has 3 aromatic rings. The van der Waals surface area contributed by atoms with E-state index in [1.807, 2.05) is 18.0 Å². The van der Waals surface area contributed by atoms with Crippen LogP contribution in [0.4, 0.5) is 11.4 Å². The summed E-state index contributed by atoms with van der Waals surface area (Å²) in [4.78, 5) is 4.03. The Kier molecular flexibility index (Phi) is 4.64. The number of benzene rings is 3. The summed E-state index contributed by atoms with van der Waals surface area (Å²) in [6.45, 7) is 7.39. The van der Waals surface area contributed by atoms with Crippen LogP contribution in [-0.4, -0.2) is 25.1 Å². The Labute approximate surface area is 167 Å². The normalized spacial score (nSPS) is 16.4. The van der Waals surface area contributed by atoms with Crippen molar-refractivity contribution in [2.24, 2.45) is 5.41 Å². The summed E-state index contributed by atoms with van der Waals surface area (Å²) in [7, 11) is 1.95. The molecule has 0 saturated heterocycles. The number of fused-ring (bicyclic) bond motifs is 1. The highest BCUT2D eigenvalue weighted by atomic mass is 16.3. The number of rotatable bonds is 3. The first-order chi connectivity index (χ1) is 13.3. The van der Waals surface area contributed by atoms with E-state index in [0.717, 1.165) is 23.5 Å². The molecule has 144 valence electrons. The zero-order chi connectivity index (χ0) is 19.9. The predicted octanol–water partition coefficient (Wildman–Crippen LogP) is 5.60. The molecule has 1 N–H and O–H groups in total. The van der Waals surface area contributed by atoms with Gasteiger partial charge in [0.15, 0.2) is 0 Å². The molecule has 1 heterocycles. The summed E-state index contributed by atoms with van der Waals surface area (Å²) >= 11 is 0. The van der Waals surface area contributed by atoms with Crippen LogP contribution in [0.15, 0.2) is 72.8 Å². The molecule has 0 saturated carbocycles. The Morgan fingerprint density at radius 3 is 2.04 bits per heavy atom. The van der Waals surface area contributed by atoms with E-state index in [9.17, 15) is 5.11 Å². The first-order valence-corrected chi connectivity index (χ1v) is 9.81. The topological polar surface area (TPSA) is 26.7 Å². The third kappa shape index (κ3) is 3.50. The van der Waals surface area contributed by atoms with Gasteiger partial charge in [0.1, 0.15) is 0 Å². The van der Waals surface area contributed by atoms with Gasteiger partial charge in [0.2, 0.25) is 6.35 Å². The van der Waals surface area contributed by atoms with Gasteiger partial charge >= 0.3 is 0 Å². The van der Waals surface area contributed by atoms with Crippen molar-refractivity contribution in [2.75, 3.05) is 23.4 Å². The zero-order valence-corrected chi connectivity index (χ0v) is 17.1. The third-order valence-corrected chi connectivity index (χ3v) is 5.24. The first-order valence-electron chi connectivity index (χ1n) is 9.81. The smallest absolute Gasteiger partial charge is 0.207 e. The Morgan fingerprint density at radius 1 is 0.750 bits per heavy atom. The second-order valence-corrected chi connectivity index (χ2v) is 8.80. The van der Waals surface area contributed by atoms with Gasteiger partial charge in [0, 0.05) is 13.6 Å². The Balaban J connectivity index is 1.71. The number of nitrogens with zero attached hydrogens (tertiary/aromatic N) is 2. The van der Waals surface area contributed by atoms with Crippen LogP contribution in [0.3, 0.4) is 0 Å². The molecule has 0 fully saturated rings. The first kappa shape index (κ1) is 18.6. The fourth-order valence-electron chi connectivity index (χ4n) is 3.87. The standard InChI is InChI=1S/C25H28N2O/c1-25(2,3)17-27-22-14-13-21(16-23(22)26(4)24(27)28)20-12-8-11-19(15-20)18-9-6-5-7-10-18/h5-16,24,28H,17H2,1-4H3. The Hall–Kier alpha value is -2.78. The van der Waals surface area contributed by atoms with Crippen molar-refractivity contribution in [3.05, 3.63) is 72.8 Å². The minimum Gasteiger partial charge on any atom is -0.356 e. The summed E-state index contributed by atoms with van der Waals surface area (Å²) < 4.78 is 0. The maximum absolute atomic E-state index is 10.7. The summed E-state index contributed by atoms with van der Waals surface area (Å²) in [5, 5.41) is 10.7. The van der Waals surface area contributed by atoms with Gasteiger partial charge in [0.05, 0.1) is 11.4 Å². The largest absolute Gasteiger partial charge is 0.356 e. The van der Waals surface area contributed by atoms with Crippen LogP contribution >= 0.6 is 0 Å². The second kappa shape index (κ2) is 6.99. The molecule has 3 heteroatoms. The van der Waals surface area contributed by atoms with Crippen molar-refractivity contribution in [3.63, 3.8) is 0 Å². The molecule has 3 nitrogen and oxygen atoms in total. The van der Waals surface area contributed by atoms with Crippen molar-refractivity contribution in [3.8, 4) is 22.3 Å². The fraction of sp³-hybridized carbons (Fsp3) is 0.280. The van der Waals surface area contributed by atoms with Gasteiger partial charge in [-0.1, -0.05) is 75.4 Å². The molecular formula is C25H28N2O. The molecule has 1 atom stereocenters. The van der Waals surface area contributed by atoms with Crippen molar-refractivity contribution in [2.45, 2.75) is 27.1 Å². The maximum Gasteiger partial charge on any atom is 0.207 e. The van der Waals surface area contributed by atoms with Crippen LogP contribution in [0.2, 0.25) is 0 Å². The van der Waals surface area contributed by atoms with E-state index in [-0.39, 0.29) is 5.41 Å². The van der Waals surface area contributed by atoms with Crippen LogP contribution in [0.5, 0.6) is 0 Å². The lowest BCUT2D eigenvalue weighted by Crippen LogP contribution is -2.44. The van der Waals surface area contributed by atoms with Gasteiger partial charge in [-0.15, -0.1) is 0 Å². The lowest BCUT2D eigenvalue weighted by atomic mass is 9.95. The van der Waals surface area contributed by atoms with E-state index in [1.54, 1.807) is 0 Å². The molecule has 1 aliphatic rings. The number of hydrogen-bond acceptors (Lipinski definition) is 3. The molecule has 1 aliphatic heterocycles. The lowest BCUT2D eigenvalue weighted by Gasteiger charge is -2.31. The zero-order valence-electron chi connectivity index (χ0n) is 17.1. The number of aliphatic hydroxyl groups excluding tert-OH is 1. The quantitative estimate of drug-likeness (QED) is 0.648. The minimum absolute atomic E-state index is 0.103. The van der Waals surface area contributed by atoms with Gasteiger partial charge in [-0.05, 0) is 45.9 Å². The van der Waals surface area contributed by atoms with E-state index < -0.39 is 6.35 Å². The van der Waals surface area contributed by atoms with E-state index >= 15 is 0 Å². The van der Waals surface area contributed by atoms with Crippen LogP contribution < -0.4 is 9.80 Å². The molecule has 1 unspecified atom stereocenters. The molecule has 4 rings (SSSR count). The van der Waals surface area contributed by atoms with Gasteiger partial charge < -0.3 is 14.9 Å². The van der Waals surface area contributed by atoms with Gasteiger partial charge in [0.25, 0.3) is 0 Å². The van der Waals surface area contributed by atoms with Gasteiger partial charge in [-0.25, -0.2) is 0 Å². The van der Waals surface area contributed by atoms with E-state index in [1.165, 1.54) is 16.7 Å². The summed E-state index contributed by atoms with van der Waals surface area (Å²) in [6.07, 6.45) is -0.625. The Morgan fingerprint density at radius 2 is 1.36 bits per heavy atom. The average molecular weight is 373 g/mol. The third-order valence-electron chi connectivity index (χ3n) is 5.24. The van der Waals surface area contributed by atoms with Gasteiger partial charge in [-0.2, -0.15) is 0 Å². The monoisotopic (exact) mass is 372 g/mol. The predicted molar refractivity (Wildman–Crippen MR) is 119 cm³/mol. The molecule has 0 aliphatic carbocycles. The molecule has 0 bridgehead atoms. The van der Waals surface area contributed by atoms with Crippen molar-refractivity contribution >= 4 is 11.4 Å². The van der Waals surface area contributed by atoms with E-state index in [4.69, 9.17) is 0 Å². The SMILES string of the molecule is CN1c2cc(-c3cccc(-c4ccccc4)c3)ccc2N(CC(C)(C)C)C1O. The lowest BCUT2D eigenvalue weighted by molar-refractivity contribution is 0.166. The van der Waals surface area contributed by atoms with Crippen LogP contribution in [0, 0.1) is 5.41 Å². The number of anilines is 2. The highest BCUT2D eigenvalue weighted by molar-refractivity contribution is 5.83. The summed E-state index contributed by atoms with van der Waals surface area (Å²) in [5.74, 6) is 0. The number of hydrogen-bond donors (Lipinski definition) is 1. The fourth-order valence-corrected chi connectivity index (χ4v) is 3.87. The molecule has 0 aromatic heterocycles. The van der Waals surface area contributed by atoms with Crippen LogP contribution in [-0.2, 0) is 0 Å². The molecule has 0 spiro atoms.